The zero-order valence-corrected chi connectivity index (χ0v) is 15.6. The van der Waals surface area contributed by atoms with E-state index in [1.54, 1.807) is 0 Å². The molecule has 1 aromatic rings. The van der Waals surface area contributed by atoms with Crippen molar-refractivity contribution in [2.75, 3.05) is 12.9 Å². The first-order valence-electron chi connectivity index (χ1n) is 8.23. The quantitative estimate of drug-likeness (QED) is 0.523. The Kier molecular flexibility index (Phi) is 6.35. The lowest BCUT2D eigenvalue weighted by Crippen LogP contribution is -2.51. The summed E-state index contributed by atoms with van der Waals surface area (Å²) < 4.78 is 34.5. The van der Waals surface area contributed by atoms with E-state index in [2.05, 4.69) is 5.16 Å². The van der Waals surface area contributed by atoms with E-state index in [-0.39, 0.29) is 13.1 Å². The first-order valence-corrected chi connectivity index (χ1v) is 10.1. The van der Waals surface area contributed by atoms with Gasteiger partial charge < -0.3 is 4.84 Å². The molecule has 0 saturated carbocycles. The molecule has 2 atom stereocenters. The fourth-order valence-corrected chi connectivity index (χ4v) is 3.68. The summed E-state index contributed by atoms with van der Waals surface area (Å²) in [6.45, 7) is 0.888. The Balaban J connectivity index is 2.06. The minimum atomic E-state index is -3.79. The van der Waals surface area contributed by atoms with Gasteiger partial charge in [0.05, 0.1) is 12.4 Å². The van der Waals surface area contributed by atoms with Crippen molar-refractivity contribution in [3.05, 3.63) is 35.4 Å². The first-order chi connectivity index (χ1) is 12.2. The molecule has 0 aliphatic carbocycles. The van der Waals surface area contributed by atoms with Gasteiger partial charge in [-0.1, -0.05) is 29.4 Å². The van der Waals surface area contributed by atoms with Crippen molar-refractivity contribution < 1.29 is 27.6 Å². The van der Waals surface area contributed by atoms with Crippen LogP contribution >= 0.6 is 0 Å². The highest BCUT2D eigenvalue weighted by Crippen LogP contribution is 2.29. The number of nitrogens with one attached hydrogen (secondary N) is 1. The number of amides is 1. The van der Waals surface area contributed by atoms with Gasteiger partial charge in [-0.15, -0.1) is 0 Å². The highest BCUT2D eigenvalue weighted by Gasteiger charge is 2.47. The molecule has 0 aromatic heterocycles. The molecule has 0 saturated heterocycles. The molecule has 1 aliphatic heterocycles. The smallest absolute Gasteiger partial charge is 0.264 e. The van der Waals surface area contributed by atoms with Crippen molar-refractivity contribution >= 4 is 21.5 Å². The summed E-state index contributed by atoms with van der Waals surface area (Å²) in [7, 11) is -3.79. The molecular weight excluding hydrogens is 363 g/mol. The SMILES string of the molecule is C[C@@](C[C@H]1CC(c2ccc(CCCF)cc2)=NO1)(C(=O)NO)S(C)(=O)=O. The number of sulfone groups is 1. The van der Waals surface area contributed by atoms with E-state index in [0.717, 1.165) is 17.4 Å². The minimum Gasteiger partial charge on any atom is -0.392 e. The van der Waals surface area contributed by atoms with Crippen molar-refractivity contribution in [2.45, 2.75) is 43.5 Å². The Morgan fingerprint density at radius 1 is 1.42 bits per heavy atom. The molecule has 1 aliphatic rings. The van der Waals surface area contributed by atoms with Gasteiger partial charge in [0.1, 0.15) is 6.10 Å². The van der Waals surface area contributed by atoms with Crippen molar-refractivity contribution in [1.29, 1.82) is 0 Å². The highest BCUT2D eigenvalue weighted by atomic mass is 32.2. The normalized spacial score (nSPS) is 19.4. The topological polar surface area (TPSA) is 105 Å². The van der Waals surface area contributed by atoms with Crippen molar-refractivity contribution in [2.24, 2.45) is 5.16 Å². The molecule has 1 amide bonds. The molecule has 0 spiro atoms. The van der Waals surface area contributed by atoms with Gasteiger partial charge in [-0.2, -0.15) is 0 Å². The summed E-state index contributed by atoms with van der Waals surface area (Å²) in [4.78, 5) is 17.2. The van der Waals surface area contributed by atoms with E-state index in [1.165, 1.54) is 12.4 Å². The van der Waals surface area contributed by atoms with Crippen LogP contribution in [0.5, 0.6) is 0 Å². The maximum absolute atomic E-state index is 12.2. The standard InChI is InChI=1S/C17H23FN2O5S/c1-17(16(21)19-22,26(2,23)24)11-14-10-15(20-25-14)13-7-5-12(6-8-13)4-3-9-18/h5-8,14,22H,3-4,9-11H2,1-2H3,(H,19,21)/t14-,17-/m1/s1. The number of hydrogen-bond donors (Lipinski definition) is 2. The molecule has 2 rings (SSSR count). The predicted octanol–water partition coefficient (Wildman–Crippen LogP) is 1.78. The van der Waals surface area contributed by atoms with Gasteiger partial charge in [-0.05, 0) is 30.9 Å². The number of nitrogens with zero attached hydrogens (tertiary/aromatic N) is 1. The van der Waals surface area contributed by atoms with E-state index >= 15 is 0 Å². The number of oxime groups is 1. The predicted molar refractivity (Wildman–Crippen MR) is 94.6 cm³/mol. The van der Waals surface area contributed by atoms with Crippen LogP contribution in [0.4, 0.5) is 4.39 Å². The van der Waals surface area contributed by atoms with Crippen molar-refractivity contribution in [3.8, 4) is 0 Å². The number of halogens is 1. The number of rotatable bonds is 8. The largest absolute Gasteiger partial charge is 0.392 e. The number of alkyl halides is 1. The molecule has 26 heavy (non-hydrogen) atoms. The summed E-state index contributed by atoms with van der Waals surface area (Å²) in [5.74, 6) is -1.01. The number of hydrogen-bond acceptors (Lipinski definition) is 6. The molecule has 0 unspecified atom stereocenters. The third-order valence-electron chi connectivity index (χ3n) is 4.64. The van der Waals surface area contributed by atoms with Crippen molar-refractivity contribution in [3.63, 3.8) is 0 Å². The number of hydroxylamine groups is 1. The lowest BCUT2D eigenvalue weighted by molar-refractivity contribution is -0.132. The fourth-order valence-electron chi connectivity index (χ4n) is 2.81. The van der Waals surface area contributed by atoms with Crippen LogP contribution < -0.4 is 5.48 Å². The molecule has 0 fully saturated rings. The molecule has 7 nitrogen and oxygen atoms in total. The van der Waals surface area contributed by atoms with Gasteiger partial charge in [-0.25, -0.2) is 13.9 Å². The number of aryl methyl sites for hydroxylation is 1. The monoisotopic (exact) mass is 386 g/mol. The summed E-state index contributed by atoms with van der Waals surface area (Å²) in [6.07, 6.45) is 1.67. The number of carbonyl (C=O) groups is 1. The molecule has 1 aromatic carbocycles. The Hall–Kier alpha value is -2.00. The maximum Gasteiger partial charge on any atom is 0.264 e. The van der Waals surface area contributed by atoms with Crippen LogP contribution in [0.2, 0.25) is 0 Å². The van der Waals surface area contributed by atoms with Gasteiger partial charge >= 0.3 is 0 Å². The molecular formula is C17H23FN2O5S. The average molecular weight is 386 g/mol. The minimum absolute atomic E-state index is 0.139. The second kappa shape index (κ2) is 8.13. The second-order valence-corrected chi connectivity index (χ2v) is 9.05. The number of benzene rings is 1. The Bertz CT molecular complexity index is 779. The second-order valence-electron chi connectivity index (χ2n) is 6.61. The van der Waals surface area contributed by atoms with Crippen LogP contribution in [-0.4, -0.2) is 49.0 Å². The molecule has 2 N–H and O–H groups in total. The molecule has 0 radical (unpaired) electrons. The van der Waals surface area contributed by atoms with E-state index in [9.17, 15) is 17.6 Å². The maximum atomic E-state index is 12.2. The van der Waals surface area contributed by atoms with Crippen molar-refractivity contribution in [1.82, 2.24) is 5.48 Å². The van der Waals surface area contributed by atoms with E-state index in [1.807, 2.05) is 24.3 Å². The lowest BCUT2D eigenvalue weighted by atomic mass is 9.96. The average Bonchev–Trinajstić information content (AvgIpc) is 3.06. The summed E-state index contributed by atoms with van der Waals surface area (Å²) >= 11 is 0. The van der Waals surface area contributed by atoms with E-state index < -0.39 is 26.6 Å². The number of carbonyl (C=O) groups excluding carboxylic acids is 1. The summed E-state index contributed by atoms with van der Waals surface area (Å²) in [6, 6.07) is 7.49. The molecule has 9 heteroatoms. The van der Waals surface area contributed by atoms with E-state index in [0.29, 0.717) is 25.0 Å². The zero-order chi connectivity index (χ0) is 19.4. The Morgan fingerprint density at radius 2 is 2.08 bits per heavy atom. The summed E-state index contributed by atoms with van der Waals surface area (Å²) in [5, 5.41) is 12.9. The first kappa shape index (κ1) is 20.3. The Labute approximate surface area is 152 Å². The highest BCUT2D eigenvalue weighted by molar-refractivity contribution is 7.92. The van der Waals surface area contributed by atoms with Gasteiger partial charge in [0.2, 0.25) is 0 Å². The van der Waals surface area contributed by atoms with Crippen LogP contribution in [0, 0.1) is 0 Å². The van der Waals surface area contributed by atoms with Crippen LogP contribution in [-0.2, 0) is 25.9 Å². The van der Waals surface area contributed by atoms with Gasteiger partial charge in [0.25, 0.3) is 5.91 Å². The fraction of sp³-hybridized carbons (Fsp3) is 0.529. The van der Waals surface area contributed by atoms with Crippen LogP contribution in [0.15, 0.2) is 29.4 Å². The zero-order valence-electron chi connectivity index (χ0n) is 14.7. The van der Waals surface area contributed by atoms with Gasteiger partial charge in [0.15, 0.2) is 14.6 Å². The third-order valence-corrected chi connectivity index (χ3v) is 6.63. The van der Waals surface area contributed by atoms with Crippen LogP contribution in [0.25, 0.3) is 0 Å². The molecule has 1 heterocycles. The summed E-state index contributed by atoms with van der Waals surface area (Å²) in [5.41, 5.74) is 3.90. The third kappa shape index (κ3) is 4.39. The molecule has 144 valence electrons. The Morgan fingerprint density at radius 3 is 2.62 bits per heavy atom. The van der Waals surface area contributed by atoms with Crippen LogP contribution in [0.3, 0.4) is 0 Å². The van der Waals surface area contributed by atoms with E-state index in [4.69, 9.17) is 10.0 Å². The van der Waals surface area contributed by atoms with Gasteiger partial charge in [0, 0.05) is 19.1 Å². The lowest BCUT2D eigenvalue weighted by Gasteiger charge is -2.26. The molecule has 0 bridgehead atoms. The van der Waals surface area contributed by atoms with Crippen LogP contribution in [0.1, 0.15) is 37.3 Å². The van der Waals surface area contributed by atoms with Gasteiger partial charge in [-0.3, -0.25) is 14.4 Å².